The molecule has 0 saturated carbocycles. The molecule has 0 aliphatic carbocycles. The molecule has 0 fully saturated rings. The molecule has 1 atom stereocenters. The van der Waals surface area contributed by atoms with Crippen molar-refractivity contribution in [1.29, 1.82) is 10.8 Å². The third-order valence-corrected chi connectivity index (χ3v) is 1.58. The molecule has 110 valence electrons. The molecule has 0 heterocycles. The summed E-state index contributed by atoms with van der Waals surface area (Å²) in [5.74, 6) is -1.76. The minimum atomic E-state index is -1.37. The summed E-state index contributed by atoms with van der Waals surface area (Å²) in [7, 11) is 0. The van der Waals surface area contributed by atoms with Gasteiger partial charge in [-0.25, -0.2) is 9.59 Å². The second kappa shape index (κ2) is 10.4. The fourth-order valence-electron chi connectivity index (χ4n) is 0.936. The van der Waals surface area contributed by atoms with E-state index >= 15 is 0 Å². The lowest BCUT2D eigenvalue weighted by atomic mass is 10.1. The standard InChI is InChI=1S/C7H14N4O4.CH5N3/c8-6(9)10-3-1-2-4(5(12)13)11-7(14)15;2-1(3)4/h4,11H,1-3H2,(H,12,13)(H,14,15)(H4,8,9,10);(H5,2,3,4)/t4-;/m0./s1. The normalized spacial score (nSPS) is 10.3. The number of carboxylic acid groups (broad SMARTS) is 2. The smallest absolute Gasteiger partial charge is 0.405 e. The number of hydrogen-bond acceptors (Lipinski definition) is 4. The van der Waals surface area contributed by atoms with E-state index in [1.807, 2.05) is 5.32 Å². The van der Waals surface area contributed by atoms with E-state index in [4.69, 9.17) is 26.8 Å². The van der Waals surface area contributed by atoms with Gasteiger partial charge in [0.05, 0.1) is 0 Å². The summed E-state index contributed by atoms with van der Waals surface area (Å²) in [5, 5.41) is 34.2. The first kappa shape index (κ1) is 18.6. The lowest BCUT2D eigenvalue weighted by Crippen LogP contribution is -2.40. The van der Waals surface area contributed by atoms with Gasteiger partial charge in [0.2, 0.25) is 0 Å². The number of guanidine groups is 2. The molecular formula is C8H19N7O4. The van der Waals surface area contributed by atoms with Crippen LogP contribution in [0, 0.1) is 10.8 Å². The quantitative estimate of drug-likeness (QED) is 0.147. The van der Waals surface area contributed by atoms with Crippen molar-refractivity contribution in [2.45, 2.75) is 18.9 Å². The molecule has 19 heavy (non-hydrogen) atoms. The second-order valence-corrected chi connectivity index (χ2v) is 3.28. The van der Waals surface area contributed by atoms with Crippen LogP contribution in [-0.4, -0.2) is 46.8 Å². The van der Waals surface area contributed by atoms with Gasteiger partial charge in [-0.2, -0.15) is 0 Å². The number of carbonyl (C=O) groups is 2. The number of hydrogen-bond donors (Lipinski definition) is 9. The maximum atomic E-state index is 10.5. The summed E-state index contributed by atoms with van der Waals surface area (Å²) < 4.78 is 0. The third kappa shape index (κ3) is 17.9. The maximum Gasteiger partial charge on any atom is 0.405 e. The predicted octanol–water partition coefficient (Wildman–Crippen LogP) is -2.19. The summed E-state index contributed by atoms with van der Waals surface area (Å²) in [5.41, 5.74) is 13.9. The molecule has 1 amide bonds. The zero-order valence-electron chi connectivity index (χ0n) is 10.1. The van der Waals surface area contributed by atoms with Crippen molar-refractivity contribution in [3.05, 3.63) is 0 Å². The van der Waals surface area contributed by atoms with E-state index in [1.165, 1.54) is 0 Å². The third-order valence-electron chi connectivity index (χ3n) is 1.58. The molecule has 0 rings (SSSR count). The Morgan fingerprint density at radius 1 is 1.16 bits per heavy atom. The van der Waals surface area contributed by atoms with Crippen LogP contribution >= 0.6 is 0 Å². The largest absolute Gasteiger partial charge is 0.480 e. The highest BCUT2D eigenvalue weighted by atomic mass is 16.4. The average Bonchev–Trinajstić information content (AvgIpc) is 2.20. The van der Waals surface area contributed by atoms with E-state index in [0.29, 0.717) is 13.0 Å². The van der Waals surface area contributed by atoms with Gasteiger partial charge in [-0.3, -0.25) is 10.8 Å². The fraction of sp³-hybridized carbons (Fsp3) is 0.500. The summed E-state index contributed by atoms with van der Waals surface area (Å²) >= 11 is 0. The zero-order chi connectivity index (χ0) is 15.4. The van der Waals surface area contributed by atoms with E-state index in [1.54, 1.807) is 0 Å². The van der Waals surface area contributed by atoms with Gasteiger partial charge in [-0.05, 0) is 12.8 Å². The molecular weight excluding hydrogens is 258 g/mol. The number of rotatable bonds is 6. The van der Waals surface area contributed by atoms with Gasteiger partial charge in [-0.15, -0.1) is 0 Å². The lowest BCUT2D eigenvalue weighted by molar-refractivity contribution is -0.139. The molecule has 0 spiro atoms. The topological polar surface area (TPSA) is 224 Å². The lowest BCUT2D eigenvalue weighted by Gasteiger charge is -2.11. The van der Waals surface area contributed by atoms with Gasteiger partial charge in [0.15, 0.2) is 11.9 Å². The number of nitrogens with two attached hydrogens (primary N) is 3. The number of carboxylic acids is 1. The summed E-state index contributed by atoms with van der Waals surface area (Å²) in [4.78, 5) is 20.8. The molecule has 0 bridgehead atoms. The Bertz CT molecular complexity index is 329. The van der Waals surface area contributed by atoms with Gasteiger partial charge < -0.3 is 38.0 Å². The van der Waals surface area contributed by atoms with Crippen molar-refractivity contribution in [3.8, 4) is 0 Å². The monoisotopic (exact) mass is 277 g/mol. The highest BCUT2D eigenvalue weighted by Crippen LogP contribution is 1.96. The summed E-state index contributed by atoms with van der Waals surface area (Å²) in [6, 6.07) is -1.13. The van der Waals surface area contributed by atoms with Gasteiger partial charge >= 0.3 is 12.1 Å². The van der Waals surface area contributed by atoms with Gasteiger partial charge in [-0.1, -0.05) is 0 Å². The molecule has 0 saturated heterocycles. The molecule has 12 N–H and O–H groups in total. The van der Waals surface area contributed by atoms with Crippen LogP contribution < -0.4 is 27.8 Å². The first-order valence-corrected chi connectivity index (χ1v) is 5.06. The molecule has 0 aromatic heterocycles. The number of aliphatic carboxylic acids is 1. The maximum absolute atomic E-state index is 10.5. The van der Waals surface area contributed by atoms with E-state index in [-0.39, 0.29) is 18.3 Å². The molecule has 11 nitrogen and oxygen atoms in total. The molecule has 0 aromatic carbocycles. The van der Waals surface area contributed by atoms with Crippen LogP contribution in [0.2, 0.25) is 0 Å². The molecule has 0 aliphatic rings. The van der Waals surface area contributed by atoms with Gasteiger partial charge in [0, 0.05) is 6.54 Å². The highest BCUT2D eigenvalue weighted by Gasteiger charge is 2.18. The average molecular weight is 277 g/mol. The molecule has 11 heteroatoms. The number of amides is 1. The second-order valence-electron chi connectivity index (χ2n) is 3.28. The van der Waals surface area contributed by atoms with Gasteiger partial charge in [0.1, 0.15) is 6.04 Å². The van der Waals surface area contributed by atoms with Crippen LogP contribution in [0.25, 0.3) is 0 Å². The van der Waals surface area contributed by atoms with Crippen LogP contribution in [0.4, 0.5) is 4.79 Å². The van der Waals surface area contributed by atoms with Crippen LogP contribution in [0.5, 0.6) is 0 Å². The predicted molar refractivity (Wildman–Crippen MR) is 67.8 cm³/mol. The number of nitrogens with one attached hydrogen (secondary N) is 4. The Hall–Kier alpha value is -2.72. The van der Waals surface area contributed by atoms with Crippen molar-refractivity contribution in [3.63, 3.8) is 0 Å². The summed E-state index contributed by atoms with van der Waals surface area (Å²) in [6.45, 7) is 0.334. The Morgan fingerprint density at radius 2 is 1.63 bits per heavy atom. The first-order valence-electron chi connectivity index (χ1n) is 5.06. The van der Waals surface area contributed by atoms with E-state index in [0.717, 1.165) is 0 Å². The SMILES string of the molecule is N=C(N)N.N=C(N)NCCC[C@H](NC(=O)O)C(=O)O. The van der Waals surface area contributed by atoms with E-state index in [2.05, 4.69) is 16.8 Å². The van der Waals surface area contributed by atoms with Crippen molar-refractivity contribution in [2.75, 3.05) is 6.54 Å². The van der Waals surface area contributed by atoms with Gasteiger partial charge in [0.25, 0.3) is 0 Å². The Morgan fingerprint density at radius 3 is 1.95 bits per heavy atom. The zero-order valence-corrected chi connectivity index (χ0v) is 10.1. The fourth-order valence-corrected chi connectivity index (χ4v) is 0.936. The Labute approximate surface area is 109 Å². The van der Waals surface area contributed by atoms with Crippen molar-refractivity contribution in [1.82, 2.24) is 10.6 Å². The molecule has 0 unspecified atom stereocenters. The molecule has 0 aromatic rings. The van der Waals surface area contributed by atoms with Crippen LogP contribution in [-0.2, 0) is 4.79 Å². The van der Waals surface area contributed by atoms with Crippen LogP contribution in [0.1, 0.15) is 12.8 Å². The Kier molecular flexibility index (Phi) is 10.2. The van der Waals surface area contributed by atoms with Crippen LogP contribution in [0.3, 0.4) is 0 Å². The van der Waals surface area contributed by atoms with Crippen molar-refractivity contribution < 1.29 is 19.8 Å². The van der Waals surface area contributed by atoms with E-state index in [9.17, 15) is 9.59 Å². The highest BCUT2D eigenvalue weighted by molar-refractivity contribution is 5.79. The minimum absolute atomic E-state index is 0.141. The molecule has 0 aliphatic heterocycles. The summed E-state index contributed by atoms with van der Waals surface area (Å²) in [6.07, 6.45) is -0.833. The van der Waals surface area contributed by atoms with Crippen LogP contribution in [0.15, 0.2) is 0 Å². The van der Waals surface area contributed by atoms with E-state index < -0.39 is 18.1 Å². The van der Waals surface area contributed by atoms with Crippen molar-refractivity contribution in [2.24, 2.45) is 17.2 Å². The first-order chi connectivity index (χ1) is 8.66. The molecule has 0 radical (unpaired) electrons. The van der Waals surface area contributed by atoms with Crippen molar-refractivity contribution >= 4 is 24.0 Å². The Balaban J connectivity index is 0. The minimum Gasteiger partial charge on any atom is -0.480 e.